The molecule has 0 amide bonds. The fraction of sp³-hybridized carbons (Fsp3) is 0.161. The quantitative estimate of drug-likeness (QED) is 0.124. The van der Waals surface area contributed by atoms with E-state index < -0.39 is 0 Å². The van der Waals surface area contributed by atoms with Crippen LogP contribution in [0.2, 0.25) is 0 Å². The Kier molecular flexibility index (Phi) is 6.64. The molecule has 1 N–H and O–H groups in total. The molecule has 1 heterocycles. The van der Waals surface area contributed by atoms with Crippen LogP contribution in [0.1, 0.15) is 49.9 Å². The number of aliphatic hydroxyl groups excluding tert-OH is 1. The van der Waals surface area contributed by atoms with Crippen molar-refractivity contribution in [2.45, 2.75) is 33.1 Å². The number of allylic oxidation sites excluding steroid dienone is 2. The smallest absolute Gasteiger partial charge is 0.155 e. The Hall–Kier alpha value is -3.33. The van der Waals surface area contributed by atoms with Gasteiger partial charge in [0, 0.05) is 31.6 Å². The third-order valence-corrected chi connectivity index (χ3v) is 6.54. The Balaban J connectivity index is 0.000000320. The Morgan fingerprint density at radius 3 is 2.40 bits per heavy atom. The summed E-state index contributed by atoms with van der Waals surface area (Å²) in [6.07, 6.45) is 5.53. The fourth-order valence-electron chi connectivity index (χ4n) is 5.02. The van der Waals surface area contributed by atoms with E-state index in [1.807, 2.05) is 0 Å². The summed E-state index contributed by atoms with van der Waals surface area (Å²) in [5.41, 5.74) is 11.0. The first-order valence-corrected chi connectivity index (χ1v) is 11.4. The summed E-state index contributed by atoms with van der Waals surface area (Å²) >= 11 is 0. The van der Waals surface area contributed by atoms with E-state index >= 15 is 0 Å². The topological polar surface area (TPSA) is 50.2 Å². The number of aromatic nitrogens is 1. The van der Waals surface area contributed by atoms with E-state index in [4.69, 9.17) is 10.1 Å². The van der Waals surface area contributed by atoms with Crippen LogP contribution in [-0.4, -0.2) is 15.9 Å². The van der Waals surface area contributed by atoms with Gasteiger partial charge in [-0.25, -0.2) is 0 Å². The van der Waals surface area contributed by atoms with Crippen molar-refractivity contribution in [3.63, 3.8) is 0 Å². The Bertz CT molecular complexity index is 1520. The van der Waals surface area contributed by atoms with Crippen LogP contribution in [0.25, 0.3) is 45.4 Å². The van der Waals surface area contributed by atoms with E-state index in [9.17, 15) is 4.79 Å². The van der Waals surface area contributed by atoms with Gasteiger partial charge in [-0.1, -0.05) is 74.0 Å². The third kappa shape index (κ3) is 4.40. The molecule has 4 aromatic rings. The Labute approximate surface area is 219 Å². The van der Waals surface area contributed by atoms with Gasteiger partial charge in [0.25, 0.3) is 0 Å². The van der Waals surface area contributed by atoms with Crippen LogP contribution < -0.4 is 0 Å². The van der Waals surface area contributed by atoms with Gasteiger partial charge in [0.05, 0.1) is 11.3 Å². The van der Waals surface area contributed by atoms with Gasteiger partial charge >= 0.3 is 0 Å². The van der Waals surface area contributed by atoms with Crippen molar-refractivity contribution in [3.05, 3.63) is 101 Å². The van der Waals surface area contributed by atoms with Gasteiger partial charge in [0.15, 0.2) is 5.78 Å². The van der Waals surface area contributed by atoms with Crippen molar-refractivity contribution >= 4 is 28.8 Å². The van der Waals surface area contributed by atoms with Crippen molar-refractivity contribution in [2.24, 2.45) is 0 Å². The molecule has 177 valence electrons. The number of aliphatic hydroxyl groups is 1. The number of pyridine rings is 1. The molecular weight excluding hydrogens is 611 g/mol. The van der Waals surface area contributed by atoms with Gasteiger partial charge < -0.3 is 5.11 Å². The van der Waals surface area contributed by atoms with Gasteiger partial charge in [0.1, 0.15) is 0 Å². The molecule has 3 nitrogen and oxygen atoms in total. The van der Waals surface area contributed by atoms with Crippen molar-refractivity contribution in [3.8, 4) is 22.4 Å². The first-order valence-electron chi connectivity index (χ1n) is 11.4. The molecule has 6 rings (SSSR count). The van der Waals surface area contributed by atoms with E-state index in [1.165, 1.54) is 58.7 Å². The van der Waals surface area contributed by atoms with Gasteiger partial charge in [0.2, 0.25) is 0 Å². The van der Waals surface area contributed by atoms with Crippen molar-refractivity contribution in [1.29, 1.82) is 0 Å². The van der Waals surface area contributed by atoms with Crippen molar-refractivity contribution in [2.75, 3.05) is 0 Å². The molecule has 0 saturated heterocycles. The van der Waals surface area contributed by atoms with Gasteiger partial charge in [-0.2, -0.15) is 0 Å². The average Bonchev–Trinajstić information content (AvgIpc) is 3.31. The van der Waals surface area contributed by atoms with Gasteiger partial charge in [-0.15, -0.1) is 29.3 Å². The van der Waals surface area contributed by atoms with Gasteiger partial charge in [-0.3, -0.25) is 9.78 Å². The summed E-state index contributed by atoms with van der Waals surface area (Å²) in [4.78, 5) is 15.0. The minimum absolute atomic E-state index is 0. The van der Waals surface area contributed by atoms with Crippen molar-refractivity contribution in [1.82, 2.24) is 4.98 Å². The number of hydrogen-bond acceptors (Lipinski definition) is 3. The van der Waals surface area contributed by atoms with Gasteiger partial charge in [-0.05, 0) is 53.3 Å². The largest absolute Gasteiger partial charge is 0.512 e. The summed E-state index contributed by atoms with van der Waals surface area (Å²) in [5, 5.41) is 9.62. The zero-order valence-electron chi connectivity index (χ0n) is 20.1. The van der Waals surface area contributed by atoms with E-state index in [1.54, 1.807) is 0 Å². The maximum Gasteiger partial charge on any atom is 0.155 e. The minimum Gasteiger partial charge on any atom is -0.512 e. The maximum absolute atomic E-state index is 10.0. The second-order valence-corrected chi connectivity index (χ2v) is 9.41. The van der Waals surface area contributed by atoms with Crippen LogP contribution in [0.15, 0.2) is 72.5 Å². The molecule has 0 saturated carbocycles. The molecule has 35 heavy (non-hydrogen) atoms. The molecule has 0 aliphatic heterocycles. The molecule has 1 radical (unpaired) electrons. The Morgan fingerprint density at radius 1 is 0.943 bits per heavy atom. The molecule has 1 aromatic heterocycles. The third-order valence-electron chi connectivity index (χ3n) is 6.54. The number of benzene rings is 3. The van der Waals surface area contributed by atoms with E-state index in [0.717, 1.165) is 16.8 Å². The normalized spacial score (nSPS) is 14.0. The van der Waals surface area contributed by atoms with Crippen LogP contribution in [-0.2, 0) is 30.3 Å². The van der Waals surface area contributed by atoms with Crippen LogP contribution in [0, 0.1) is 6.07 Å². The number of ketones is 1. The number of nitrogens with zero attached hydrogens (tertiary/aromatic N) is 1. The summed E-state index contributed by atoms with van der Waals surface area (Å²) in [5.74, 6) is -0.0625. The molecule has 2 aliphatic carbocycles. The predicted octanol–water partition coefficient (Wildman–Crippen LogP) is 7.53. The van der Waals surface area contributed by atoms with Crippen LogP contribution >= 0.6 is 0 Å². The molecule has 0 bridgehead atoms. The second kappa shape index (κ2) is 9.37. The number of carbonyl (C=O) groups is 1. The minimum atomic E-state index is -0.125. The van der Waals surface area contributed by atoms with Crippen LogP contribution in [0.3, 0.4) is 0 Å². The van der Waals surface area contributed by atoms with E-state index in [0.29, 0.717) is 0 Å². The molecule has 0 spiro atoms. The molecule has 0 unspecified atom stereocenters. The summed E-state index contributed by atoms with van der Waals surface area (Å²) in [6, 6.07) is 25.2. The number of rotatable bonds is 2. The molecule has 4 heteroatoms. The number of carbonyl (C=O) groups excluding carboxylic acids is 1. The van der Waals surface area contributed by atoms with Crippen molar-refractivity contribution < 1.29 is 30.0 Å². The fourth-order valence-corrected chi connectivity index (χ4v) is 5.02. The molecular formula is C31H26IrNO2-. The first kappa shape index (κ1) is 24.8. The zero-order chi connectivity index (χ0) is 24.0. The standard InChI is InChI=1S/C26H18N.C5H8O2.Ir/c1-26(2)21-8-4-3-7-19(21)20-14-17(12-13-22(20)26)24-15-18-11-10-16-6-5-9-23(27-24)25(16)18;1-4(6)3-5(2)7;/h3-11,13-15H,1-2H3;3,6H,1-2H3;/q-1;;/b;4-3-;. The van der Waals surface area contributed by atoms with E-state index in [2.05, 4.69) is 92.7 Å². The average molecular weight is 637 g/mol. The monoisotopic (exact) mass is 637 g/mol. The van der Waals surface area contributed by atoms with Crippen LogP contribution in [0.4, 0.5) is 0 Å². The SMILES string of the molecule is CC(=O)/C=C(/C)O.CC1(C)c2c[c-]c(-c3cc4c5c(cccc5n3)C=C4)cc2-c2ccccc21.[Ir]. The molecule has 0 atom stereocenters. The van der Waals surface area contributed by atoms with Crippen LogP contribution in [0.5, 0.6) is 0 Å². The molecule has 0 fully saturated rings. The predicted molar refractivity (Wildman–Crippen MR) is 140 cm³/mol. The Morgan fingerprint density at radius 2 is 1.69 bits per heavy atom. The first-order chi connectivity index (χ1) is 16.3. The zero-order valence-corrected chi connectivity index (χ0v) is 22.5. The second-order valence-electron chi connectivity index (χ2n) is 9.41. The molecule has 3 aromatic carbocycles. The summed E-state index contributed by atoms with van der Waals surface area (Å²) < 4.78 is 0. The maximum atomic E-state index is 10.0. The summed E-state index contributed by atoms with van der Waals surface area (Å²) in [6.45, 7) is 7.44. The molecule has 2 aliphatic rings. The summed E-state index contributed by atoms with van der Waals surface area (Å²) in [7, 11) is 0. The number of hydrogen-bond donors (Lipinski definition) is 1. The number of fused-ring (bicyclic) bond motifs is 3. The van der Waals surface area contributed by atoms with E-state index in [-0.39, 0.29) is 37.1 Å².